The predicted molar refractivity (Wildman–Crippen MR) is 118 cm³/mol. The van der Waals surface area contributed by atoms with Gasteiger partial charge in [-0.25, -0.2) is 13.4 Å². The number of hydrogen-bond donors (Lipinski definition) is 2. The molecule has 1 aliphatic carbocycles. The van der Waals surface area contributed by atoms with E-state index in [-0.39, 0.29) is 35.6 Å². The summed E-state index contributed by atoms with van der Waals surface area (Å²) in [6.45, 7) is 1.14. The van der Waals surface area contributed by atoms with E-state index >= 15 is 0 Å². The van der Waals surface area contributed by atoms with Crippen LogP contribution in [0.5, 0.6) is 0 Å². The smallest absolute Gasteiger partial charge is 0.191 e. The van der Waals surface area contributed by atoms with E-state index in [0.717, 1.165) is 30.8 Å². The van der Waals surface area contributed by atoms with Crippen molar-refractivity contribution in [2.45, 2.75) is 44.7 Å². The maximum atomic E-state index is 11.6. The van der Waals surface area contributed by atoms with Crippen LogP contribution in [-0.4, -0.2) is 38.5 Å². The fourth-order valence-electron chi connectivity index (χ4n) is 3.48. The molecule has 2 aliphatic rings. The number of nitrogens with one attached hydrogen (secondary N) is 2. The first-order chi connectivity index (χ1) is 12.0. The van der Waals surface area contributed by atoms with Gasteiger partial charge < -0.3 is 10.6 Å². The number of halogens is 2. The normalized spacial score (nSPS) is 22.8. The van der Waals surface area contributed by atoms with Crippen LogP contribution in [0.15, 0.2) is 29.3 Å². The van der Waals surface area contributed by atoms with Crippen molar-refractivity contribution in [2.75, 3.05) is 18.1 Å². The minimum Gasteiger partial charge on any atom is -0.356 e. The number of nitrogens with zero attached hydrogens (tertiary/aromatic N) is 1. The molecule has 1 heterocycles. The second-order valence-electron chi connectivity index (χ2n) is 7.03. The van der Waals surface area contributed by atoms with E-state index in [9.17, 15) is 8.42 Å². The third-order valence-corrected chi connectivity index (χ3v) is 7.15. The van der Waals surface area contributed by atoms with Crippen molar-refractivity contribution in [1.82, 2.24) is 10.6 Å². The molecular weight excluding hydrogens is 485 g/mol. The van der Waals surface area contributed by atoms with E-state index < -0.39 is 9.84 Å². The zero-order chi connectivity index (χ0) is 17.7. The topological polar surface area (TPSA) is 70.6 Å². The van der Waals surface area contributed by atoms with Gasteiger partial charge in [-0.3, -0.25) is 0 Å². The monoisotopic (exact) mass is 511 g/mol. The number of benzene rings is 1. The SMILES string of the molecule is I.O=S1(=O)CCC(CNC(=NCc2ccccc2Cl)NC2CCCC2)C1. The lowest BCUT2D eigenvalue weighted by Gasteiger charge is -2.19. The lowest BCUT2D eigenvalue weighted by molar-refractivity contribution is 0.553. The zero-order valence-electron chi connectivity index (χ0n) is 14.8. The molecule has 2 N–H and O–H groups in total. The van der Waals surface area contributed by atoms with Crippen LogP contribution >= 0.6 is 35.6 Å². The Morgan fingerprint density at radius 1 is 1.19 bits per heavy atom. The van der Waals surface area contributed by atoms with E-state index in [1.165, 1.54) is 12.8 Å². The Labute approximate surface area is 178 Å². The summed E-state index contributed by atoms with van der Waals surface area (Å²) >= 11 is 6.21. The molecule has 5 nitrogen and oxygen atoms in total. The minimum atomic E-state index is -2.84. The highest BCUT2D eigenvalue weighted by atomic mass is 127. The summed E-state index contributed by atoms with van der Waals surface area (Å²) in [6.07, 6.45) is 5.54. The average molecular weight is 512 g/mol. The Kier molecular flexibility index (Phi) is 8.47. The molecule has 1 saturated heterocycles. The Bertz CT molecular complexity index is 721. The maximum Gasteiger partial charge on any atom is 0.191 e. The van der Waals surface area contributed by atoms with Gasteiger partial charge in [0.1, 0.15) is 0 Å². The predicted octanol–water partition coefficient (Wildman–Crippen LogP) is 3.37. The number of guanidine groups is 1. The fraction of sp³-hybridized carbons (Fsp3) is 0.611. The first-order valence-corrected chi connectivity index (χ1v) is 11.2. The Hall–Kier alpha value is -0.540. The van der Waals surface area contributed by atoms with Crippen molar-refractivity contribution in [3.8, 4) is 0 Å². The number of rotatable bonds is 5. The highest BCUT2D eigenvalue weighted by Gasteiger charge is 2.28. The van der Waals surface area contributed by atoms with Crippen LogP contribution in [0.1, 0.15) is 37.7 Å². The average Bonchev–Trinajstić information content (AvgIpc) is 3.20. The lowest BCUT2D eigenvalue weighted by Crippen LogP contribution is -2.44. The van der Waals surface area contributed by atoms with Gasteiger partial charge in [0.15, 0.2) is 15.8 Å². The van der Waals surface area contributed by atoms with E-state index in [1.54, 1.807) is 0 Å². The molecule has 1 aliphatic heterocycles. The summed E-state index contributed by atoms with van der Waals surface area (Å²) in [7, 11) is -2.84. The summed E-state index contributed by atoms with van der Waals surface area (Å²) in [5.41, 5.74) is 0.986. The first kappa shape index (κ1) is 21.8. The molecule has 0 amide bonds. The van der Waals surface area contributed by atoms with Crippen molar-refractivity contribution in [3.63, 3.8) is 0 Å². The molecule has 3 rings (SSSR count). The van der Waals surface area contributed by atoms with Crippen molar-refractivity contribution in [2.24, 2.45) is 10.9 Å². The van der Waals surface area contributed by atoms with Crippen molar-refractivity contribution in [3.05, 3.63) is 34.9 Å². The molecule has 0 spiro atoms. The standard InChI is InChI=1S/C18H26ClN3O2S.HI/c19-17-8-4-1-5-15(17)12-21-18(22-16-6-2-3-7-16)20-11-14-9-10-25(23,24)13-14;/h1,4-5,8,14,16H,2-3,6-7,9-13H2,(H2,20,21,22);1H. The lowest BCUT2D eigenvalue weighted by atomic mass is 10.1. The largest absolute Gasteiger partial charge is 0.356 e. The molecule has 1 unspecified atom stereocenters. The fourth-order valence-corrected chi connectivity index (χ4v) is 5.54. The number of hydrogen-bond acceptors (Lipinski definition) is 3. The van der Waals surface area contributed by atoms with Gasteiger partial charge in [0.25, 0.3) is 0 Å². The summed E-state index contributed by atoms with van der Waals surface area (Å²) < 4.78 is 23.2. The molecule has 0 radical (unpaired) electrons. The molecular formula is C18H27ClIN3O2S. The second kappa shape index (κ2) is 10.1. The van der Waals surface area contributed by atoms with E-state index in [1.807, 2.05) is 24.3 Å². The maximum absolute atomic E-state index is 11.6. The van der Waals surface area contributed by atoms with Gasteiger partial charge in [0, 0.05) is 17.6 Å². The summed E-state index contributed by atoms with van der Waals surface area (Å²) in [5, 5.41) is 7.56. The second-order valence-corrected chi connectivity index (χ2v) is 9.67. The molecule has 0 bridgehead atoms. The van der Waals surface area contributed by atoms with Gasteiger partial charge in [-0.05, 0) is 36.8 Å². The third kappa shape index (κ3) is 6.56. The van der Waals surface area contributed by atoms with Gasteiger partial charge in [-0.15, -0.1) is 24.0 Å². The van der Waals surface area contributed by atoms with E-state index in [0.29, 0.717) is 29.9 Å². The van der Waals surface area contributed by atoms with Crippen LogP contribution in [0, 0.1) is 5.92 Å². The molecule has 1 aromatic carbocycles. The molecule has 1 aromatic rings. The van der Waals surface area contributed by atoms with Gasteiger partial charge in [0.05, 0.1) is 18.1 Å². The number of sulfone groups is 1. The molecule has 26 heavy (non-hydrogen) atoms. The van der Waals surface area contributed by atoms with Gasteiger partial charge in [0.2, 0.25) is 0 Å². The summed E-state index contributed by atoms with van der Waals surface area (Å²) in [5.74, 6) is 1.51. The van der Waals surface area contributed by atoms with Gasteiger partial charge in [-0.1, -0.05) is 42.6 Å². The summed E-state index contributed by atoms with van der Waals surface area (Å²) in [4.78, 5) is 4.68. The van der Waals surface area contributed by atoms with Crippen LogP contribution in [0.3, 0.4) is 0 Å². The minimum absolute atomic E-state index is 0. The third-order valence-electron chi connectivity index (χ3n) is 4.95. The van der Waals surface area contributed by atoms with Crippen molar-refractivity contribution < 1.29 is 8.42 Å². The van der Waals surface area contributed by atoms with Crippen molar-refractivity contribution in [1.29, 1.82) is 0 Å². The molecule has 2 fully saturated rings. The number of aliphatic imine (C=N–C) groups is 1. The van der Waals surface area contributed by atoms with Crippen LogP contribution in [0.25, 0.3) is 0 Å². The van der Waals surface area contributed by atoms with Crippen LogP contribution in [0.2, 0.25) is 5.02 Å². The highest BCUT2D eigenvalue weighted by molar-refractivity contribution is 14.0. The molecule has 146 valence electrons. The van der Waals surface area contributed by atoms with E-state index in [2.05, 4.69) is 15.6 Å². The van der Waals surface area contributed by atoms with E-state index in [4.69, 9.17) is 11.6 Å². The molecule has 8 heteroatoms. The Balaban J connectivity index is 0.00000243. The molecule has 0 aromatic heterocycles. The van der Waals surface area contributed by atoms with Crippen LogP contribution < -0.4 is 10.6 Å². The van der Waals surface area contributed by atoms with Gasteiger partial charge in [-0.2, -0.15) is 0 Å². The Morgan fingerprint density at radius 2 is 1.92 bits per heavy atom. The van der Waals surface area contributed by atoms with Gasteiger partial charge >= 0.3 is 0 Å². The quantitative estimate of drug-likeness (QED) is 0.361. The Morgan fingerprint density at radius 3 is 2.58 bits per heavy atom. The first-order valence-electron chi connectivity index (χ1n) is 9.00. The van der Waals surface area contributed by atoms with Crippen molar-refractivity contribution >= 4 is 51.4 Å². The zero-order valence-corrected chi connectivity index (χ0v) is 18.7. The van der Waals surface area contributed by atoms with Crippen LogP contribution in [-0.2, 0) is 16.4 Å². The summed E-state index contributed by atoms with van der Waals surface area (Å²) in [6, 6.07) is 8.16. The molecule has 1 atom stereocenters. The van der Waals surface area contributed by atoms with Crippen LogP contribution in [0.4, 0.5) is 0 Å². The highest BCUT2D eigenvalue weighted by Crippen LogP contribution is 2.19. The molecule has 1 saturated carbocycles.